The molecule has 0 saturated carbocycles. The van der Waals surface area contributed by atoms with Gasteiger partial charge in [0.15, 0.2) is 0 Å². The first kappa shape index (κ1) is 14.3. The number of anilines is 2. The first-order chi connectivity index (χ1) is 10.6. The number of aryl methyl sites for hydroxylation is 1. The van der Waals surface area contributed by atoms with E-state index in [4.69, 9.17) is 0 Å². The molecule has 1 atom stereocenters. The average Bonchev–Trinajstić information content (AvgIpc) is 2.92. The Labute approximate surface area is 129 Å². The largest absolute Gasteiger partial charge is 0.326 e. The van der Waals surface area contributed by atoms with E-state index in [1.807, 2.05) is 37.3 Å². The Morgan fingerprint density at radius 1 is 1.27 bits per heavy atom. The highest BCUT2D eigenvalue weighted by Crippen LogP contribution is 2.25. The molecule has 1 N–H and O–H groups in total. The van der Waals surface area contributed by atoms with Crippen LogP contribution >= 0.6 is 0 Å². The number of aromatic nitrogens is 1. The molecule has 2 amide bonds. The molecule has 1 aliphatic rings. The standard InChI is InChI=1S/C17H17N3O2/c1-12-4-6-14(7-5-12)19-17(22)13-9-16(21)20(11-13)15-3-2-8-18-10-15/h2-8,10,13H,9,11H2,1H3,(H,19,22). The van der Waals surface area contributed by atoms with Crippen LogP contribution in [0.4, 0.5) is 11.4 Å². The molecule has 0 aliphatic carbocycles. The van der Waals surface area contributed by atoms with Gasteiger partial charge in [-0.15, -0.1) is 0 Å². The van der Waals surface area contributed by atoms with Crippen LogP contribution in [0.1, 0.15) is 12.0 Å². The highest BCUT2D eigenvalue weighted by atomic mass is 16.2. The summed E-state index contributed by atoms with van der Waals surface area (Å²) < 4.78 is 0. The van der Waals surface area contributed by atoms with Crippen LogP contribution < -0.4 is 10.2 Å². The Balaban J connectivity index is 1.67. The number of carbonyl (C=O) groups is 2. The molecule has 1 aliphatic heterocycles. The van der Waals surface area contributed by atoms with Crippen LogP contribution in [0.2, 0.25) is 0 Å². The number of hydrogen-bond acceptors (Lipinski definition) is 3. The van der Waals surface area contributed by atoms with Gasteiger partial charge in [-0.25, -0.2) is 0 Å². The second-order valence-corrected chi connectivity index (χ2v) is 5.47. The molecule has 5 heteroatoms. The Bertz CT molecular complexity index is 683. The van der Waals surface area contributed by atoms with Crippen LogP contribution in [0.3, 0.4) is 0 Å². The lowest BCUT2D eigenvalue weighted by Crippen LogP contribution is -2.28. The van der Waals surface area contributed by atoms with Crippen molar-refractivity contribution >= 4 is 23.2 Å². The minimum atomic E-state index is -0.339. The van der Waals surface area contributed by atoms with E-state index in [1.165, 1.54) is 0 Å². The number of hydrogen-bond donors (Lipinski definition) is 1. The van der Waals surface area contributed by atoms with Gasteiger partial charge < -0.3 is 10.2 Å². The Morgan fingerprint density at radius 2 is 2.05 bits per heavy atom. The van der Waals surface area contributed by atoms with Gasteiger partial charge in [0.1, 0.15) is 0 Å². The fourth-order valence-corrected chi connectivity index (χ4v) is 2.53. The lowest BCUT2D eigenvalue weighted by atomic mass is 10.1. The quantitative estimate of drug-likeness (QED) is 0.945. The minimum Gasteiger partial charge on any atom is -0.326 e. The fourth-order valence-electron chi connectivity index (χ4n) is 2.53. The molecule has 1 aromatic carbocycles. The van der Waals surface area contributed by atoms with Crippen LogP contribution in [-0.2, 0) is 9.59 Å². The van der Waals surface area contributed by atoms with Gasteiger partial charge >= 0.3 is 0 Å². The Kier molecular flexibility index (Phi) is 3.87. The van der Waals surface area contributed by atoms with E-state index in [9.17, 15) is 9.59 Å². The maximum Gasteiger partial charge on any atom is 0.229 e. The summed E-state index contributed by atoms with van der Waals surface area (Å²) in [6.07, 6.45) is 3.52. The zero-order valence-electron chi connectivity index (χ0n) is 12.3. The zero-order chi connectivity index (χ0) is 15.5. The molecule has 1 aromatic heterocycles. The summed E-state index contributed by atoms with van der Waals surface area (Å²) in [6, 6.07) is 11.2. The van der Waals surface area contributed by atoms with E-state index >= 15 is 0 Å². The molecule has 0 bridgehead atoms. The molecule has 2 heterocycles. The van der Waals surface area contributed by atoms with Crippen molar-refractivity contribution in [2.45, 2.75) is 13.3 Å². The molecule has 5 nitrogen and oxygen atoms in total. The topological polar surface area (TPSA) is 62.3 Å². The van der Waals surface area contributed by atoms with Crippen molar-refractivity contribution in [2.24, 2.45) is 5.92 Å². The molecular weight excluding hydrogens is 278 g/mol. The lowest BCUT2D eigenvalue weighted by Gasteiger charge is -2.16. The molecule has 0 radical (unpaired) electrons. The van der Waals surface area contributed by atoms with Gasteiger partial charge in [-0.1, -0.05) is 17.7 Å². The van der Waals surface area contributed by atoms with Gasteiger partial charge in [-0.05, 0) is 31.2 Å². The Hall–Kier alpha value is -2.69. The SMILES string of the molecule is Cc1ccc(NC(=O)C2CC(=O)N(c3cccnc3)C2)cc1. The molecule has 0 spiro atoms. The first-order valence-corrected chi connectivity index (χ1v) is 7.21. The number of nitrogens with zero attached hydrogens (tertiary/aromatic N) is 2. The maximum absolute atomic E-state index is 12.3. The number of rotatable bonds is 3. The van der Waals surface area contributed by atoms with Crippen molar-refractivity contribution in [3.05, 3.63) is 54.4 Å². The summed E-state index contributed by atoms with van der Waals surface area (Å²) in [5, 5.41) is 2.87. The third kappa shape index (κ3) is 2.98. The summed E-state index contributed by atoms with van der Waals surface area (Å²) >= 11 is 0. The molecule has 112 valence electrons. The van der Waals surface area contributed by atoms with Crippen molar-refractivity contribution in [1.82, 2.24) is 4.98 Å². The van der Waals surface area contributed by atoms with Crippen molar-refractivity contribution < 1.29 is 9.59 Å². The summed E-state index contributed by atoms with van der Waals surface area (Å²) in [7, 11) is 0. The second kappa shape index (κ2) is 5.97. The third-order valence-electron chi connectivity index (χ3n) is 3.77. The van der Waals surface area contributed by atoms with E-state index in [1.54, 1.807) is 23.4 Å². The molecule has 3 rings (SSSR count). The van der Waals surface area contributed by atoms with Gasteiger partial charge in [-0.3, -0.25) is 14.6 Å². The van der Waals surface area contributed by atoms with E-state index in [0.29, 0.717) is 6.54 Å². The summed E-state index contributed by atoms with van der Waals surface area (Å²) in [4.78, 5) is 30.1. The van der Waals surface area contributed by atoms with E-state index in [0.717, 1.165) is 16.9 Å². The van der Waals surface area contributed by atoms with Crippen LogP contribution in [-0.4, -0.2) is 23.3 Å². The number of amides is 2. The van der Waals surface area contributed by atoms with Gasteiger partial charge in [0.2, 0.25) is 11.8 Å². The predicted octanol–water partition coefficient (Wildman–Crippen LogP) is 2.38. The van der Waals surface area contributed by atoms with Gasteiger partial charge in [0, 0.05) is 24.8 Å². The molecule has 1 unspecified atom stereocenters. The van der Waals surface area contributed by atoms with Crippen LogP contribution in [0.15, 0.2) is 48.8 Å². The third-order valence-corrected chi connectivity index (χ3v) is 3.77. The second-order valence-electron chi connectivity index (χ2n) is 5.47. The fraction of sp³-hybridized carbons (Fsp3) is 0.235. The predicted molar refractivity (Wildman–Crippen MR) is 84.5 cm³/mol. The van der Waals surface area contributed by atoms with Crippen molar-refractivity contribution in [2.75, 3.05) is 16.8 Å². The number of pyridine rings is 1. The number of carbonyl (C=O) groups excluding carboxylic acids is 2. The first-order valence-electron chi connectivity index (χ1n) is 7.21. The molecule has 22 heavy (non-hydrogen) atoms. The van der Waals surface area contributed by atoms with Crippen LogP contribution in [0, 0.1) is 12.8 Å². The van der Waals surface area contributed by atoms with Crippen molar-refractivity contribution in [3.63, 3.8) is 0 Å². The van der Waals surface area contributed by atoms with Gasteiger partial charge in [-0.2, -0.15) is 0 Å². The minimum absolute atomic E-state index is 0.0444. The lowest BCUT2D eigenvalue weighted by molar-refractivity contribution is -0.122. The molecular formula is C17H17N3O2. The smallest absolute Gasteiger partial charge is 0.229 e. The van der Waals surface area contributed by atoms with Crippen molar-refractivity contribution in [3.8, 4) is 0 Å². The van der Waals surface area contributed by atoms with Crippen molar-refractivity contribution in [1.29, 1.82) is 0 Å². The van der Waals surface area contributed by atoms with Gasteiger partial charge in [0.05, 0.1) is 17.8 Å². The number of benzene rings is 1. The summed E-state index contributed by atoms with van der Waals surface area (Å²) in [5.74, 6) is -0.505. The molecule has 1 fully saturated rings. The van der Waals surface area contributed by atoms with Crippen LogP contribution in [0.5, 0.6) is 0 Å². The maximum atomic E-state index is 12.3. The van der Waals surface area contributed by atoms with Crippen LogP contribution in [0.25, 0.3) is 0 Å². The number of nitrogens with one attached hydrogen (secondary N) is 1. The van der Waals surface area contributed by atoms with E-state index < -0.39 is 0 Å². The highest BCUT2D eigenvalue weighted by Gasteiger charge is 2.35. The molecule has 2 aromatic rings. The average molecular weight is 295 g/mol. The summed E-state index contributed by atoms with van der Waals surface area (Å²) in [5.41, 5.74) is 2.62. The monoisotopic (exact) mass is 295 g/mol. The van der Waals surface area contributed by atoms with E-state index in [2.05, 4.69) is 10.3 Å². The normalized spacial score (nSPS) is 17.6. The van der Waals surface area contributed by atoms with Gasteiger partial charge in [0.25, 0.3) is 0 Å². The zero-order valence-corrected chi connectivity index (χ0v) is 12.3. The molecule has 1 saturated heterocycles. The van der Waals surface area contributed by atoms with E-state index in [-0.39, 0.29) is 24.2 Å². The Morgan fingerprint density at radius 3 is 2.73 bits per heavy atom. The highest BCUT2D eigenvalue weighted by molar-refractivity contribution is 6.03. The summed E-state index contributed by atoms with van der Waals surface area (Å²) in [6.45, 7) is 2.38.